The van der Waals surface area contributed by atoms with Gasteiger partial charge in [0.05, 0.1) is 24.4 Å². The van der Waals surface area contributed by atoms with Crippen molar-refractivity contribution in [1.29, 1.82) is 0 Å². The number of methoxy groups -OCH3 is 1. The highest BCUT2D eigenvalue weighted by Gasteiger charge is 2.24. The summed E-state index contributed by atoms with van der Waals surface area (Å²) in [6, 6.07) is 8.16. The minimum Gasteiger partial charge on any atom is -0.469 e. The molecule has 20 heavy (non-hydrogen) atoms. The lowest BCUT2D eigenvalue weighted by Gasteiger charge is -2.10. The molecule has 0 bridgehead atoms. The third-order valence-electron chi connectivity index (χ3n) is 3.61. The Hall–Kier alpha value is -2.10. The molecule has 0 aliphatic heterocycles. The molecule has 0 aliphatic rings. The largest absolute Gasteiger partial charge is 0.469 e. The highest BCUT2D eigenvalue weighted by molar-refractivity contribution is 5.78. The van der Waals surface area contributed by atoms with Crippen molar-refractivity contribution in [3.05, 3.63) is 46.8 Å². The lowest BCUT2D eigenvalue weighted by atomic mass is 9.99. The zero-order valence-corrected chi connectivity index (χ0v) is 12.6. The number of aromatic nitrogens is 2. The zero-order valence-electron chi connectivity index (χ0n) is 12.6. The SMILES string of the molecule is COC(=O)C(C)c1c(C)nn(-c2ccc(C)cc2)c1C. The predicted molar refractivity (Wildman–Crippen MR) is 78.2 cm³/mol. The van der Waals surface area contributed by atoms with Crippen LogP contribution in [0.4, 0.5) is 0 Å². The van der Waals surface area contributed by atoms with Crippen LogP contribution in [0.5, 0.6) is 0 Å². The maximum Gasteiger partial charge on any atom is 0.312 e. The Morgan fingerprint density at radius 1 is 1.20 bits per heavy atom. The Labute approximate surface area is 119 Å². The molecule has 1 atom stereocenters. The smallest absolute Gasteiger partial charge is 0.312 e. The molecule has 1 aromatic heterocycles. The molecular weight excluding hydrogens is 252 g/mol. The number of esters is 1. The molecule has 0 aliphatic carbocycles. The third-order valence-corrected chi connectivity index (χ3v) is 3.61. The van der Waals surface area contributed by atoms with Gasteiger partial charge in [0.15, 0.2) is 0 Å². The normalized spacial score (nSPS) is 12.2. The second kappa shape index (κ2) is 5.49. The molecule has 0 amide bonds. The number of carbonyl (C=O) groups is 1. The van der Waals surface area contributed by atoms with Crippen LogP contribution in [0.25, 0.3) is 5.69 Å². The average Bonchev–Trinajstić information content (AvgIpc) is 2.73. The van der Waals surface area contributed by atoms with Crippen LogP contribution < -0.4 is 0 Å². The molecule has 4 nitrogen and oxygen atoms in total. The molecule has 0 saturated carbocycles. The minimum absolute atomic E-state index is 0.236. The van der Waals surface area contributed by atoms with Crippen LogP contribution in [0.3, 0.4) is 0 Å². The molecule has 2 aromatic rings. The molecule has 106 valence electrons. The predicted octanol–water partition coefficient (Wildman–Crippen LogP) is 3.07. The number of hydrogen-bond acceptors (Lipinski definition) is 3. The molecule has 0 fully saturated rings. The van der Waals surface area contributed by atoms with Crippen molar-refractivity contribution in [3.63, 3.8) is 0 Å². The van der Waals surface area contributed by atoms with E-state index in [1.54, 1.807) is 0 Å². The molecule has 0 spiro atoms. The van der Waals surface area contributed by atoms with Crippen LogP contribution in [0.15, 0.2) is 24.3 Å². The van der Waals surface area contributed by atoms with E-state index in [1.807, 2.05) is 37.6 Å². The molecule has 2 rings (SSSR count). The zero-order chi connectivity index (χ0) is 14.9. The van der Waals surface area contributed by atoms with E-state index in [0.29, 0.717) is 0 Å². The molecule has 1 aromatic carbocycles. The Morgan fingerprint density at radius 3 is 2.35 bits per heavy atom. The van der Waals surface area contributed by atoms with E-state index in [-0.39, 0.29) is 11.9 Å². The Balaban J connectivity index is 2.48. The summed E-state index contributed by atoms with van der Waals surface area (Å²) in [5.41, 5.74) is 4.99. The maximum absolute atomic E-state index is 11.7. The van der Waals surface area contributed by atoms with Crippen LogP contribution in [0.1, 0.15) is 35.4 Å². The van der Waals surface area contributed by atoms with Gasteiger partial charge in [0.2, 0.25) is 0 Å². The molecule has 0 saturated heterocycles. The molecule has 0 N–H and O–H groups in total. The Kier molecular flexibility index (Phi) is 3.93. The van der Waals surface area contributed by atoms with Gasteiger partial charge in [-0.3, -0.25) is 4.79 Å². The van der Waals surface area contributed by atoms with E-state index in [2.05, 4.69) is 24.2 Å². The first kappa shape index (κ1) is 14.3. The summed E-state index contributed by atoms with van der Waals surface area (Å²) in [5.74, 6) is -0.543. The lowest BCUT2D eigenvalue weighted by molar-refractivity contribution is -0.142. The standard InChI is InChI=1S/C16H20N2O2/c1-10-6-8-14(9-7-10)18-13(4)15(12(3)17-18)11(2)16(19)20-5/h6-9,11H,1-5H3. The van der Waals surface area contributed by atoms with E-state index in [9.17, 15) is 4.79 Å². The second-order valence-corrected chi connectivity index (χ2v) is 5.08. The number of ether oxygens (including phenoxy) is 1. The first-order chi connectivity index (χ1) is 9.45. The Morgan fingerprint density at radius 2 is 1.80 bits per heavy atom. The van der Waals surface area contributed by atoms with Crippen LogP contribution >= 0.6 is 0 Å². The van der Waals surface area contributed by atoms with Crippen LogP contribution in [0, 0.1) is 20.8 Å². The van der Waals surface area contributed by atoms with Crippen molar-refractivity contribution in [2.45, 2.75) is 33.6 Å². The molecule has 1 unspecified atom stereocenters. The summed E-state index contributed by atoms with van der Waals surface area (Å²) < 4.78 is 6.71. The fourth-order valence-corrected chi connectivity index (χ4v) is 2.51. The van der Waals surface area contributed by atoms with Crippen molar-refractivity contribution >= 4 is 5.97 Å². The van der Waals surface area contributed by atoms with Crippen LogP contribution in [0.2, 0.25) is 0 Å². The summed E-state index contributed by atoms with van der Waals surface area (Å²) in [7, 11) is 1.41. The van der Waals surface area contributed by atoms with Gasteiger partial charge >= 0.3 is 5.97 Å². The third kappa shape index (κ3) is 2.46. The fraction of sp³-hybridized carbons (Fsp3) is 0.375. The summed E-state index contributed by atoms with van der Waals surface area (Å²) >= 11 is 0. The molecular formula is C16H20N2O2. The van der Waals surface area contributed by atoms with E-state index in [4.69, 9.17) is 4.74 Å². The van der Waals surface area contributed by atoms with Gasteiger partial charge in [-0.15, -0.1) is 0 Å². The van der Waals surface area contributed by atoms with Crippen LogP contribution in [-0.4, -0.2) is 22.9 Å². The molecule has 1 heterocycles. The van der Waals surface area contributed by atoms with Gasteiger partial charge < -0.3 is 4.74 Å². The quantitative estimate of drug-likeness (QED) is 0.807. The van der Waals surface area contributed by atoms with E-state index in [0.717, 1.165) is 22.6 Å². The highest BCUT2D eigenvalue weighted by Crippen LogP contribution is 2.26. The average molecular weight is 272 g/mol. The topological polar surface area (TPSA) is 44.1 Å². The number of rotatable bonds is 3. The summed E-state index contributed by atoms with van der Waals surface area (Å²) in [5, 5.41) is 4.56. The monoisotopic (exact) mass is 272 g/mol. The van der Waals surface area contributed by atoms with Gasteiger partial charge in [-0.25, -0.2) is 4.68 Å². The van der Waals surface area contributed by atoms with Gasteiger partial charge in [-0.05, 0) is 39.8 Å². The number of nitrogens with zero attached hydrogens (tertiary/aromatic N) is 2. The Bertz CT molecular complexity index is 627. The van der Waals surface area contributed by atoms with Gasteiger partial charge in [-0.2, -0.15) is 5.10 Å². The second-order valence-electron chi connectivity index (χ2n) is 5.08. The van der Waals surface area contributed by atoms with Crippen molar-refractivity contribution in [2.24, 2.45) is 0 Å². The van der Waals surface area contributed by atoms with E-state index >= 15 is 0 Å². The maximum atomic E-state index is 11.7. The minimum atomic E-state index is -0.306. The first-order valence-electron chi connectivity index (χ1n) is 6.66. The summed E-state index contributed by atoms with van der Waals surface area (Å²) in [4.78, 5) is 11.7. The number of benzene rings is 1. The summed E-state index contributed by atoms with van der Waals surface area (Å²) in [6.07, 6.45) is 0. The van der Waals surface area contributed by atoms with E-state index < -0.39 is 0 Å². The van der Waals surface area contributed by atoms with E-state index in [1.165, 1.54) is 12.7 Å². The molecule has 4 heteroatoms. The van der Waals surface area contributed by atoms with Crippen molar-refractivity contribution in [2.75, 3.05) is 7.11 Å². The summed E-state index contributed by atoms with van der Waals surface area (Å²) in [6.45, 7) is 7.80. The number of carbonyl (C=O) groups excluding carboxylic acids is 1. The number of hydrogen-bond donors (Lipinski definition) is 0. The highest BCUT2D eigenvalue weighted by atomic mass is 16.5. The van der Waals surface area contributed by atoms with Gasteiger partial charge in [0, 0.05) is 11.3 Å². The van der Waals surface area contributed by atoms with Crippen molar-refractivity contribution < 1.29 is 9.53 Å². The van der Waals surface area contributed by atoms with Gasteiger partial charge in [0.25, 0.3) is 0 Å². The fourth-order valence-electron chi connectivity index (χ4n) is 2.51. The first-order valence-corrected chi connectivity index (χ1v) is 6.66. The van der Waals surface area contributed by atoms with Crippen molar-refractivity contribution in [3.8, 4) is 5.69 Å². The van der Waals surface area contributed by atoms with Gasteiger partial charge in [0.1, 0.15) is 0 Å². The van der Waals surface area contributed by atoms with Crippen LogP contribution in [-0.2, 0) is 9.53 Å². The van der Waals surface area contributed by atoms with Gasteiger partial charge in [-0.1, -0.05) is 17.7 Å². The molecule has 0 radical (unpaired) electrons. The van der Waals surface area contributed by atoms with Crippen molar-refractivity contribution in [1.82, 2.24) is 9.78 Å². The lowest BCUT2D eigenvalue weighted by Crippen LogP contribution is -2.12. The number of aryl methyl sites for hydroxylation is 2.